The maximum Gasteiger partial charge on any atom is 0.303 e. The molecule has 0 aliphatic carbocycles. The number of amides is 1. The number of nitrogens with zero attached hydrogens (tertiary/aromatic N) is 2. The molecule has 0 saturated carbocycles. The number of carbonyl (C=O) groups is 2. The molecule has 3 N–H and O–H groups in total. The van der Waals surface area contributed by atoms with E-state index in [0.29, 0.717) is 12.1 Å². The Labute approximate surface area is 108 Å². The second-order valence-corrected chi connectivity index (χ2v) is 3.88. The Morgan fingerprint density at radius 3 is 2.89 bits per heavy atom. The zero-order valence-corrected chi connectivity index (χ0v) is 9.96. The molecule has 98 valence electrons. The summed E-state index contributed by atoms with van der Waals surface area (Å²) in [7, 11) is 0. The summed E-state index contributed by atoms with van der Waals surface area (Å²) in [6.45, 7) is 0. The first kappa shape index (κ1) is 12.7. The van der Waals surface area contributed by atoms with E-state index in [1.54, 1.807) is 18.2 Å². The molecule has 2 rings (SSSR count). The lowest BCUT2D eigenvalue weighted by Crippen LogP contribution is -2.13. The smallest absolute Gasteiger partial charge is 0.303 e. The molecule has 7 heteroatoms. The summed E-state index contributed by atoms with van der Waals surface area (Å²) in [6, 6.07) is 7.02. The molecular formula is C12H12N4O3. The van der Waals surface area contributed by atoms with Crippen LogP contribution in [0.3, 0.4) is 0 Å². The highest BCUT2D eigenvalue weighted by molar-refractivity contribution is 6.01. The number of carboxylic acid groups (broad SMARTS) is 1. The molecular weight excluding hydrogens is 248 g/mol. The Hall–Kier alpha value is -2.70. The molecule has 0 fully saturated rings. The number of aromatic amines is 1. The quantitative estimate of drug-likeness (QED) is 0.745. The number of hydrogen-bond donors (Lipinski definition) is 3. The van der Waals surface area contributed by atoms with Crippen LogP contribution in [0.15, 0.2) is 30.6 Å². The number of nitrogens with one attached hydrogen (secondary N) is 2. The molecule has 2 aromatic rings. The molecule has 1 aromatic heterocycles. The van der Waals surface area contributed by atoms with Gasteiger partial charge in [0.2, 0.25) is 5.82 Å². The molecule has 7 nitrogen and oxygen atoms in total. The van der Waals surface area contributed by atoms with E-state index in [1.807, 2.05) is 6.07 Å². The van der Waals surface area contributed by atoms with E-state index < -0.39 is 11.9 Å². The summed E-state index contributed by atoms with van der Waals surface area (Å²) in [4.78, 5) is 26.0. The largest absolute Gasteiger partial charge is 0.481 e. The Morgan fingerprint density at radius 1 is 1.37 bits per heavy atom. The van der Waals surface area contributed by atoms with Crippen LogP contribution >= 0.6 is 0 Å². The molecule has 0 aliphatic rings. The van der Waals surface area contributed by atoms with E-state index in [0.717, 1.165) is 5.56 Å². The van der Waals surface area contributed by atoms with Gasteiger partial charge < -0.3 is 10.4 Å². The van der Waals surface area contributed by atoms with Crippen molar-refractivity contribution in [2.45, 2.75) is 12.8 Å². The Kier molecular flexibility index (Phi) is 3.87. The van der Waals surface area contributed by atoms with Gasteiger partial charge in [-0.25, -0.2) is 4.98 Å². The van der Waals surface area contributed by atoms with E-state index in [1.165, 1.54) is 6.33 Å². The van der Waals surface area contributed by atoms with Crippen LogP contribution in [0.1, 0.15) is 22.6 Å². The van der Waals surface area contributed by atoms with Crippen molar-refractivity contribution in [3.05, 3.63) is 42.0 Å². The summed E-state index contributed by atoms with van der Waals surface area (Å²) in [5, 5.41) is 17.3. The van der Waals surface area contributed by atoms with E-state index in [4.69, 9.17) is 5.11 Å². The third-order valence-electron chi connectivity index (χ3n) is 2.44. The predicted molar refractivity (Wildman–Crippen MR) is 66.7 cm³/mol. The summed E-state index contributed by atoms with van der Waals surface area (Å²) >= 11 is 0. The average Bonchev–Trinajstić information content (AvgIpc) is 2.91. The van der Waals surface area contributed by atoms with Gasteiger partial charge >= 0.3 is 5.97 Å². The second-order valence-electron chi connectivity index (χ2n) is 3.88. The number of carbonyl (C=O) groups excluding carboxylic acids is 1. The number of H-pyrrole nitrogens is 1. The minimum absolute atomic E-state index is 0.0551. The lowest BCUT2D eigenvalue weighted by Gasteiger charge is -2.05. The van der Waals surface area contributed by atoms with Gasteiger partial charge in [0.15, 0.2) is 0 Å². The lowest BCUT2D eigenvalue weighted by molar-refractivity contribution is -0.136. The highest BCUT2D eigenvalue weighted by Crippen LogP contribution is 2.13. The van der Waals surface area contributed by atoms with Gasteiger partial charge in [-0.3, -0.25) is 14.7 Å². The molecule has 1 aromatic carbocycles. The molecule has 0 bridgehead atoms. The zero-order valence-electron chi connectivity index (χ0n) is 9.96. The number of carboxylic acids is 1. The molecule has 19 heavy (non-hydrogen) atoms. The van der Waals surface area contributed by atoms with Gasteiger partial charge in [-0.15, -0.1) is 0 Å². The highest BCUT2D eigenvalue weighted by Gasteiger charge is 2.09. The Bertz CT molecular complexity index is 580. The number of aromatic nitrogens is 3. The van der Waals surface area contributed by atoms with Crippen molar-refractivity contribution >= 4 is 17.6 Å². The van der Waals surface area contributed by atoms with Gasteiger partial charge in [-0.1, -0.05) is 12.1 Å². The van der Waals surface area contributed by atoms with Crippen molar-refractivity contribution in [2.24, 2.45) is 0 Å². The molecule has 0 radical (unpaired) electrons. The highest BCUT2D eigenvalue weighted by atomic mass is 16.4. The first-order valence-corrected chi connectivity index (χ1v) is 5.62. The minimum atomic E-state index is -0.851. The van der Waals surface area contributed by atoms with Crippen LogP contribution in [0.4, 0.5) is 5.69 Å². The molecule has 0 unspecified atom stereocenters. The van der Waals surface area contributed by atoms with E-state index >= 15 is 0 Å². The normalized spacial score (nSPS) is 10.1. The molecule has 1 amide bonds. The van der Waals surface area contributed by atoms with Gasteiger partial charge in [0, 0.05) is 12.1 Å². The zero-order chi connectivity index (χ0) is 13.7. The van der Waals surface area contributed by atoms with Gasteiger partial charge in [0.1, 0.15) is 6.33 Å². The van der Waals surface area contributed by atoms with Gasteiger partial charge in [0.05, 0.1) is 0 Å². The number of hydrogen-bond acceptors (Lipinski definition) is 4. The predicted octanol–water partition coefficient (Wildman–Crippen LogP) is 1.07. The van der Waals surface area contributed by atoms with Crippen LogP contribution < -0.4 is 5.32 Å². The van der Waals surface area contributed by atoms with Crippen molar-refractivity contribution in [1.82, 2.24) is 15.2 Å². The Balaban J connectivity index is 2.02. The standard InChI is InChI=1S/C12H12N4O3/c17-10(18)5-4-8-2-1-3-9(6-8)15-12(19)11-13-7-14-16-11/h1-3,6-7H,4-5H2,(H,15,19)(H,17,18)(H,13,14,16). The fourth-order valence-electron chi connectivity index (χ4n) is 1.56. The number of aryl methyl sites for hydroxylation is 1. The van der Waals surface area contributed by atoms with Crippen LogP contribution in [0.25, 0.3) is 0 Å². The number of benzene rings is 1. The minimum Gasteiger partial charge on any atom is -0.481 e. The fraction of sp³-hybridized carbons (Fsp3) is 0.167. The molecule has 0 saturated heterocycles. The van der Waals surface area contributed by atoms with Crippen molar-refractivity contribution < 1.29 is 14.7 Å². The second kappa shape index (κ2) is 5.76. The SMILES string of the molecule is O=C(O)CCc1cccc(NC(=O)c2ncn[nH]2)c1. The first-order chi connectivity index (χ1) is 9.15. The van der Waals surface area contributed by atoms with Crippen molar-refractivity contribution in [3.8, 4) is 0 Å². The number of aliphatic carboxylic acids is 1. The molecule has 1 heterocycles. The first-order valence-electron chi connectivity index (χ1n) is 5.62. The molecule has 0 spiro atoms. The lowest BCUT2D eigenvalue weighted by atomic mass is 10.1. The van der Waals surface area contributed by atoms with Gasteiger partial charge in [-0.2, -0.15) is 5.10 Å². The number of anilines is 1. The van der Waals surface area contributed by atoms with Crippen LogP contribution in [-0.4, -0.2) is 32.2 Å². The van der Waals surface area contributed by atoms with Gasteiger partial charge in [0.25, 0.3) is 5.91 Å². The van der Waals surface area contributed by atoms with E-state index in [2.05, 4.69) is 20.5 Å². The van der Waals surface area contributed by atoms with Crippen LogP contribution in [0, 0.1) is 0 Å². The monoisotopic (exact) mass is 260 g/mol. The third-order valence-corrected chi connectivity index (χ3v) is 2.44. The van der Waals surface area contributed by atoms with Crippen molar-refractivity contribution in [3.63, 3.8) is 0 Å². The summed E-state index contributed by atoms with van der Waals surface area (Å²) in [5.41, 5.74) is 1.43. The van der Waals surface area contributed by atoms with Crippen LogP contribution in [0.5, 0.6) is 0 Å². The summed E-state index contributed by atoms with van der Waals surface area (Å²) < 4.78 is 0. The van der Waals surface area contributed by atoms with Crippen molar-refractivity contribution in [2.75, 3.05) is 5.32 Å². The van der Waals surface area contributed by atoms with E-state index in [9.17, 15) is 9.59 Å². The fourth-order valence-corrected chi connectivity index (χ4v) is 1.56. The Morgan fingerprint density at radius 2 is 2.21 bits per heavy atom. The number of rotatable bonds is 5. The topological polar surface area (TPSA) is 108 Å². The summed E-state index contributed by atoms with van der Waals surface area (Å²) in [6.07, 6.45) is 1.72. The summed E-state index contributed by atoms with van der Waals surface area (Å²) in [5.74, 6) is -1.13. The third kappa shape index (κ3) is 3.63. The van der Waals surface area contributed by atoms with Crippen molar-refractivity contribution in [1.29, 1.82) is 0 Å². The van der Waals surface area contributed by atoms with E-state index in [-0.39, 0.29) is 12.2 Å². The average molecular weight is 260 g/mol. The molecule has 0 aliphatic heterocycles. The van der Waals surface area contributed by atoms with Crippen LogP contribution in [0.2, 0.25) is 0 Å². The van der Waals surface area contributed by atoms with Crippen LogP contribution in [-0.2, 0) is 11.2 Å². The maximum atomic E-state index is 11.7. The maximum absolute atomic E-state index is 11.7. The van der Waals surface area contributed by atoms with Gasteiger partial charge in [-0.05, 0) is 24.1 Å². The molecule has 0 atom stereocenters.